The summed E-state index contributed by atoms with van der Waals surface area (Å²) in [5.41, 5.74) is 1.24. The molecule has 1 aromatic heterocycles. The second-order valence-corrected chi connectivity index (χ2v) is 5.64. The molecule has 100 valence electrons. The standard InChI is InChI=1S/C14H17N3OS/c1-17(9-10-3-7-12(18-2)8-4-10)14-15-13(16-19-14)11-5-6-11/h3-4,7-8,11H,5-6,9H2,1-2H3. The summed E-state index contributed by atoms with van der Waals surface area (Å²) in [6.45, 7) is 0.837. The lowest BCUT2D eigenvalue weighted by Gasteiger charge is -2.15. The minimum Gasteiger partial charge on any atom is -0.497 e. The van der Waals surface area contributed by atoms with Gasteiger partial charge in [0.15, 0.2) is 0 Å². The van der Waals surface area contributed by atoms with Crippen molar-refractivity contribution in [2.24, 2.45) is 0 Å². The van der Waals surface area contributed by atoms with E-state index in [4.69, 9.17) is 4.74 Å². The molecule has 5 heteroatoms. The molecule has 0 unspecified atom stereocenters. The molecule has 0 radical (unpaired) electrons. The van der Waals surface area contributed by atoms with Crippen LogP contribution in [0, 0.1) is 0 Å². The summed E-state index contributed by atoms with van der Waals surface area (Å²) < 4.78 is 9.60. The van der Waals surface area contributed by atoms with E-state index in [1.54, 1.807) is 7.11 Å². The summed E-state index contributed by atoms with van der Waals surface area (Å²) in [5.74, 6) is 2.54. The molecule has 1 aliphatic carbocycles. The van der Waals surface area contributed by atoms with Gasteiger partial charge >= 0.3 is 0 Å². The number of rotatable bonds is 5. The van der Waals surface area contributed by atoms with E-state index in [9.17, 15) is 0 Å². The van der Waals surface area contributed by atoms with Gasteiger partial charge in [0.05, 0.1) is 7.11 Å². The maximum Gasteiger partial charge on any atom is 0.205 e. The SMILES string of the molecule is COc1ccc(CN(C)c2nc(C3CC3)ns2)cc1. The Balaban J connectivity index is 1.66. The molecule has 0 bridgehead atoms. The third-order valence-electron chi connectivity index (χ3n) is 3.28. The van der Waals surface area contributed by atoms with Gasteiger partial charge in [0.25, 0.3) is 0 Å². The molecule has 0 aliphatic heterocycles. The Morgan fingerprint density at radius 3 is 2.68 bits per heavy atom. The van der Waals surface area contributed by atoms with Crippen molar-refractivity contribution in [3.05, 3.63) is 35.7 Å². The molecule has 1 fully saturated rings. The molecular formula is C14H17N3OS. The Morgan fingerprint density at radius 2 is 2.05 bits per heavy atom. The van der Waals surface area contributed by atoms with Gasteiger partial charge in [-0.15, -0.1) is 0 Å². The fourth-order valence-electron chi connectivity index (χ4n) is 1.96. The highest BCUT2D eigenvalue weighted by Gasteiger charge is 2.28. The number of hydrogen-bond acceptors (Lipinski definition) is 5. The van der Waals surface area contributed by atoms with Crippen LogP contribution in [0.1, 0.15) is 30.1 Å². The van der Waals surface area contributed by atoms with Gasteiger partial charge in [0.2, 0.25) is 5.13 Å². The molecule has 0 amide bonds. The van der Waals surface area contributed by atoms with Gasteiger partial charge in [-0.25, -0.2) is 4.98 Å². The second-order valence-electron chi connectivity index (χ2n) is 4.91. The van der Waals surface area contributed by atoms with Crippen LogP contribution in [-0.2, 0) is 6.54 Å². The summed E-state index contributed by atoms with van der Waals surface area (Å²) >= 11 is 1.49. The van der Waals surface area contributed by atoms with Crippen LogP contribution in [0.25, 0.3) is 0 Å². The average molecular weight is 275 g/mol. The van der Waals surface area contributed by atoms with Gasteiger partial charge in [-0.1, -0.05) is 12.1 Å². The van der Waals surface area contributed by atoms with Crippen molar-refractivity contribution < 1.29 is 4.74 Å². The first kappa shape index (κ1) is 12.4. The van der Waals surface area contributed by atoms with E-state index >= 15 is 0 Å². The predicted octanol–water partition coefficient (Wildman–Crippen LogP) is 3.06. The largest absolute Gasteiger partial charge is 0.497 e. The van der Waals surface area contributed by atoms with Crippen LogP contribution in [0.15, 0.2) is 24.3 Å². The number of benzene rings is 1. The van der Waals surface area contributed by atoms with E-state index in [0.717, 1.165) is 23.3 Å². The van der Waals surface area contributed by atoms with Gasteiger partial charge in [0, 0.05) is 31.0 Å². The first-order chi connectivity index (χ1) is 9.26. The Hall–Kier alpha value is -1.62. The summed E-state index contributed by atoms with van der Waals surface area (Å²) in [6, 6.07) is 8.13. The molecule has 0 N–H and O–H groups in total. The number of methoxy groups -OCH3 is 1. The Bertz CT molecular complexity index is 548. The normalized spacial score (nSPS) is 14.4. The maximum absolute atomic E-state index is 5.16. The lowest BCUT2D eigenvalue weighted by atomic mass is 10.2. The molecule has 1 saturated carbocycles. The van der Waals surface area contributed by atoms with E-state index < -0.39 is 0 Å². The van der Waals surface area contributed by atoms with Crippen molar-refractivity contribution in [3.8, 4) is 5.75 Å². The zero-order valence-electron chi connectivity index (χ0n) is 11.2. The van der Waals surface area contributed by atoms with E-state index in [0.29, 0.717) is 5.92 Å². The molecule has 1 heterocycles. The van der Waals surface area contributed by atoms with Crippen molar-refractivity contribution in [2.45, 2.75) is 25.3 Å². The molecule has 3 rings (SSSR count). The Kier molecular flexibility index (Phi) is 3.38. The van der Waals surface area contributed by atoms with Crippen molar-refractivity contribution in [1.82, 2.24) is 9.36 Å². The number of hydrogen-bond donors (Lipinski definition) is 0. The first-order valence-corrected chi connectivity index (χ1v) is 7.21. The molecule has 0 atom stereocenters. The Morgan fingerprint density at radius 1 is 1.32 bits per heavy atom. The van der Waals surface area contributed by atoms with Gasteiger partial charge < -0.3 is 9.64 Å². The van der Waals surface area contributed by atoms with Crippen LogP contribution in [-0.4, -0.2) is 23.5 Å². The van der Waals surface area contributed by atoms with Crippen LogP contribution in [0.2, 0.25) is 0 Å². The monoisotopic (exact) mass is 275 g/mol. The molecule has 1 aromatic carbocycles. The van der Waals surface area contributed by atoms with Crippen molar-refractivity contribution in [1.29, 1.82) is 0 Å². The molecule has 4 nitrogen and oxygen atoms in total. The van der Waals surface area contributed by atoms with E-state index in [2.05, 4.69) is 33.4 Å². The third-order valence-corrected chi connectivity index (χ3v) is 4.12. The quantitative estimate of drug-likeness (QED) is 0.840. The molecule has 19 heavy (non-hydrogen) atoms. The maximum atomic E-state index is 5.16. The number of ether oxygens (including phenoxy) is 1. The van der Waals surface area contributed by atoms with Gasteiger partial charge in [-0.3, -0.25) is 0 Å². The lowest BCUT2D eigenvalue weighted by molar-refractivity contribution is 0.414. The third kappa shape index (κ3) is 2.87. The predicted molar refractivity (Wildman–Crippen MR) is 77.0 cm³/mol. The Labute approximate surface area is 117 Å². The van der Waals surface area contributed by atoms with E-state index in [-0.39, 0.29) is 0 Å². The lowest BCUT2D eigenvalue weighted by Crippen LogP contribution is -2.16. The van der Waals surface area contributed by atoms with Gasteiger partial charge in [0.1, 0.15) is 11.6 Å². The highest BCUT2D eigenvalue weighted by Crippen LogP contribution is 2.39. The summed E-state index contributed by atoms with van der Waals surface area (Å²) in [5, 5.41) is 0.998. The van der Waals surface area contributed by atoms with Crippen LogP contribution < -0.4 is 9.64 Å². The van der Waals surface area contributed by atoms with Crippen molar-refractivity contribution >= 4 is 16.7 Å². The average Bonchev–Trinajstić information content (AvgIpc) is 3.17. The number of aromatic nitrogens is 2. The second kappa shape index (κ2) is 5.17. The minimum absolute atomic E-state index is 0.624. The van der Waals surface area contributed by atoms with Crippen molar-refractivity contribution in [2.75, 3.05) is 19.1 Å². The van der Waals surface area contributed by atoms with Crippen LogP contribution >= 0.6 is 11.5 Å². The molecular weight excluding hydrogens is 258 g/mol. The molecule has 0 spiro atoms. The topological polar surface area (TPSA) is 38.2 Å². The summed E-state index contributed by atoms with van der Waals surface area (Å²) in [6.07, 6.45) is 2.50. The number of nitrogens with zero attached hydrogens (tertiary/aromatic N) is 3. The minimum atomic E-state index is 0.624. The fourth-order valence-corrected chi connectivity index (χ4v) is 2.66. The zero-order valence-corrected chi connectivity index (χ0v) is 12.0. The summed E-state index contributed by atoms with van der Waals surface area (Å²) in [4.78, 5) is 6.75. The van der Waals surface area contributed by atoms with Gasteiger partial charge in [-0.05, 0) is 30.5 Å². The van der Waals surface area contributed by atoms with Gasteiger partial charge in [-0.2, -0.15) is 4.37 Å². The zero-order chi connectivity index (χ0) is 13.2. The molecule has 1 aliphatic rings. The summed E-state index contributed by atoms with van der Waals surface area (Å²) in [7, 11) is 3.74. The molecule has 0 saturated heterocycles. The van der Waals surface area contributed by atoms with E-state index in [1.165, 1.54) is 29.9 Å². The van der Waals surface area contributed by atoms with Crippen LogP contribution in [0.4, 0.5) is 5.13 Å². The highest BCUT2D eigenvalue weighted by molar-refractivity contribution is 7.09. The van der Waals surface area contributed by atoms with E-state index in [1.807, 2.05) is 12.1 Å². The first-order valence-electron chi connectivity index (χ1n) is 6.44. The van der Waals surface area contributed by atoms with Crippen LogP contribution in [0.3, 0.4) is 0 Å². The van der Waals surface area contributed by atoms with Crippen LogP contribution in [0.5, 0.6) is 5.75 Å². The number of anilines is 1. The molecule has 2 aromatic rings. The fraction of sp³-hybridized carbons (Fsp3) is 0.429. The smallest absolute Gasteiger partial charge is 0.205 e. The highest BCUT2D eigenvalue weighted by atomic mass is 32.1. The van der Waals surface area contributed by atoms with Crippen molar-refractivity contribution in [3.63, 3.8) is 0 Å².